The van der Waals surface area contributed by atoms with Gasteiger partial charge in [0, 0.05) is 31.9 Å². The van der Waals surface area contributed by atoms with E-state index in [0.717, 1.165) is 51.9 Å². The molecule has 4 aliphatic rings. The van der Waals surface area contributed by atoms with Crippen molar-refractivity contribution in [3.05, 3.63) is 35.2 Å². The van der Waals surface area contributed by atoms with Crippen LogP contribution in [0.1, 0.15) is 60.3 Å². The number of amides is 1. The first-order valence-corrected chi connectivity index (χ1v) is 15.5. The van der Waals surface area contributed by atoms with Crippen molar-refractivity contribution >= 4 is 40.6 Å². The molecule has 0 radical (unpaired) electrons. The third-order valence-electron chi connectivity index (χ3n) is 10.5. The number of nitrogens with zero attached hydrogens (tertiary/aromatic N) is 4. The van der Waals surface area contributed by atoms with Gasteiger partial charge >= 0.3 is 0 Å². The number of nitrogens with one attached hydrogen (secondary N) is 3. The topological polar surface area (TPSA) is 85.4 Å². The molecule has 1 aromatic carbocycles. The van der Waals surface area contributed by atoms with E-state index < -0.39 is 5.54 Å². The average Bonchev–Trinajstić information content (AvgIpc) is 2.95. The molecule has 1 amide bonds. The minimum absolute atomic E-state index is 0.0292. The second-order valence-electron chi connectivity index (χ2n) is 12.7. The van der Waals surface area contributed by atoms with Gasteiger partial charge < -0.3 is 25.8 Å². The van der Waals surface area contributed by atoms with Crippen LogP contribution in [0.4, 0.5) is 27.5 Å². The molecule has 41 heavy (non-hydrogen) atoms. The molecule has 224 valence electrons. The third-order valence-corrected chi connectivity index (χ3v) is 10.7. The molecule has 2 aromatic rings. The highest BCUT2D eigenvalue weighted by molar-refractivity contribution is 6.32. The first kappa shape index (κ1) is 29.8. The molecule has 10 heteroatoms. The van der Waals surface area contributed by atoms with E-state index in [-0.39, 0.29) is 29.0 Å². The Morgan fingerprint density at radius 2 is 1.88 bits per heavy atom. The van der Waals surface area contributed by atoms with Crippen molar-refractivity contribution < 1.29 is 9.18 Å². The van der Waals surface area contributed by atoms with E-state index in [4.69, 9.17) is 11.6 Å². The molecule has 3 aliphatic carbocycles. The summed E-state index contributed by atoms with van der Waals surface area (Å²) < 4.78 is 15.3. The zero-order valence-corrected chi connectivity index (χ0v) is 26.0. The molecule has 6 rings (SSSR count). The summed E-state index contributed by atoms with van der Waals surface area (Å²) in [6.45, 7) is 14.9. The van der Waals surface area contributed by atoms with Crippen LogP contribution in [0, 0.1) is 29.0 Å². The smallest absolute Gasteiger partial charge is 0.229 e. The highest BCUT2D eigenvalue weighted by Crippen LogP contribution is 2.65. The van der Waals surface area contributed by atoms with Crippen LogP contribution in [0.15, 0.2) is 24.4 Å². The van der Waals surface area contributed by atoms with Crippen molar-refractivity contribution in [3.63, 3.8) is 0 Å². The Kier molecular flexibility index (Phi) is 8.41. The SMILES string of the molecule is CCN(CC)C1CCN(c2ccc(Nc3ncc(Cl)c(N[C@@]4(C)[C@@H](C(=O)NC)C[C@@H]5C[C@@H]4C5(C)C)n3)cc2F)CC1. The van der Waals surface area contributed by atoms with E-state index in [9.17, 15) is 4.79 Å². The number of hydrogen-bond acceptors (Lipinski definition) is 7. The monoisotopic (exact) mass is 585 g/mol. The summed E-state index contributed by atoms with van der Waals surface area (Å²) in [7, 11) is 1.69. The van der Waals surface area contributed by atoms with Gasteiger partial charge in [-0.2, -0.15) is 4.98 Å². The lowest BCUT2D eigenvalue weighted by atomic mass is 9.40. The number of benzene rings is 1. The Morgan fingerprint density at radius 3 is 2.49 bits per heavy atom. The van der Waals surface area contributed by atoms with Crippen LogP contribution in [-0.4, -0.2) is 65.6 Å². The van der Waals surface area contributed by atoms with Crippen LogP contribution in [0.2, 0.25) is 5.02 Å². The van der Waals surface area contributed by atoms with Crippen molar-refractivity contribution in [2.45, 2.75) is 71.9 Å². The Balaban J connectivity index is 1.30. The van der Waals surface area contributed by atoms with E-state index in [1.165, 1.54) is 6.07 Å². The minimum Gasteiger partial charge on any atom is -0.369 e. The lowest BCUT2D eigenvalue weighted by Gasteiger charge is -2.66. The fraction of sp³-hybridized carbons (Fsp3) is 0.645. The lowest BCUT2D eigenvalue weighted by molar-refractivity contribution is -0.155. The van der Waals surface area contributed by atoms with Crippen molar-refractivity contribution in [3.8, 4) is 0 Å². The molecule has 2 bridgehead atoms. The maximum absolute atomic E-state index is 15.3. The molecule has 4 atom stereocenters. The molecule has 1 saturated heterocycles. The zero-order valence-electron chi connectivity index (χ0n) is 25.2. The van der Waals surface area contributed by atoms with Crippen LogP contribution < -0.4 is 20.9 Å². The second kappa shape index (κ2) is 11.6. The predicted octanol–water partition coefficient (Wildman–Crippen LogP) is 5.92. The number of fused-ring (bicyclic) bond motifs is 2. The minimum atomic E-state index is -0.528. The molecule has 1 aliphatic heterocycles. The van der Waals surface area contributed by atoms with E-state index >= 15 is 4.39 Å². The zero-order chi connectivity index (χ0) is 29.5. The quantitative estimate of drug-likeness (QED) is 0.337. The van der Waals surface area contributed by atoms with Gasteiger partial charge in [0.15, 0.2) is 5.82 Å². The Bertz CT molecular complexity index is 1260. The van der Waals surface area contributed by atoms with Gasteiger partial charge in [0.05, 0.1) is 23.3 Å². The van der Waals surface area contributed by atoms with Crippen LogP contribution in [0.3, 0.4) is 0 Å². The first-order chi connectivity index (χ1) is 19.5. The average molecular weight is 586 g/mol. The predicted molar refractivity (Wildman–Crippen MR) is 164 cm³/mol. The van der Waals surface area contributed by atoms with Crippen molar-refractivity contribution in [2.75, 3.05) is 48.8 Å². The van der Waals surface area contributed by atoms with Gasteiger partial charge in [-0.25, -0.2) is 9.37 Å². The number of carbonyl (C=O) groups excluding carboxylic acids is 1. The number of halogens is 2. The number of hydrogen-bond donors (Lipinski definition) is 3. The van der Waals surface area contributed by atoms with E-state index in [1.54, 1.807) is 13.2 Å². The van der Waals surface area contributed by atoms with Crippen LogP contribution in [-0.2, 0) is 4.79 Å². The summed E-state index contributed by atoms with van der Waals surface area (Å²) in [5.41, 5.74) is 0.778. The van der Waals surface area contributed by atoms with Crippen LogP contribution in [0.25, 0.3) is 0 Å². The van der Waals surface area contributed by atoms with Gasteiger partial charge in [0.1, 0.15) is 10.8 Å². The highest BCUT2D eigenvalue weighted by Gasteiger charge is 2.64. The van der Waals surface area contributed by atoms with Gasteiger partial charge in [-0.15, -0.1) is 0 Å². The normalized spacial score (nSPS) is 27.3. The highest BCUT2D eigenvalue weighted by atomic mass is 35.5. The molecule has 3 saturated carbocycles. The summed E-state index contributed by atoms with van der Waals surface area (Å²) in [6.07, 6.45) is 5.50. The number of rotatable bonds is 9. The van der Waals surface area contributed by atoms with E-state index in [0.29, 0.717) is 40.1 Å². The fourth-order valence-corrected chi connectivity index (χ4v) is 8.02. The van der Waals surface area contributed by atoms with Gasteiger partial charge in [-0.3, -0.25) is 4.79 Å². The number of anilines is 4. The first-order valence-electron chi connectivity index (χ1n) is 15.1. The van der Waals surface area contributed by atoms with E-state index in [2.05, 4.69) is 70.3 Å². The number of piperidine rings is 1. The van der Waals surface area contributed by atoms with Crippen molar-refractivity contribution in [1.82, 2.24) is 20.2 Å². The molecule has 2 heterocycles. The Morgan fingerprint density at radius 1 is 1.17 bits per heavy atom. The van der Waals surface area contributed by atoms with Gasteiger partial charge in [0.25, 0.3) is 0 Å². The van der Waals surface area contributed by atoms with Crippen molar-refractivity contribution in [1.29, 1.82) is 0 Å². The maximum atomic E-state index is 15.3. The van der Waals surface area contributed by atoms with Gasteiger partial charge in [0.2, 0.25) is 11.9 Å². The molecular formula is C31H45ClFN7O. The fourth-order valence-electron chi connectivity index (χ4n) is 7.89. The summed E-state index contributed by atoms with van der Waals surface area (Å²) in [5.74, 6) is 1.15. The molecule has 3 N–H and O–H groups in total. The summed E-state index contributed by atoms with van der Waals surface area (Å²) in [4.78, 5) is 26.6. The standard InChI is InChI=1S/C31H45ClFN7O/c1-7-39(8-2)21-11-13-40(14-12-21)25-10-9-20(17-24(25)33)36-29-35-18-23(32)27(37-29)38-31(5)22(28(41)34-6)15-19-16-26(31)30(19,3)4/h9-10,17-19,21-22,26H,7-8,11-16H2,1-6H3,(H,34,41)(H2,35,36,37,38)/t19-,22-,26-,31+/m1/s1. The molecule has 8 nitrogen and oxygen atoms in total. The van der Waals surface area contributed by atoms with Crippen LogP contribution >= 0.6 is 11.6 Å². The van der Waals surface area contributed by atoms with Crippen LogP contribution in [0.5, 0.6) is 0 Å². The van der Waals surface area contributed by atoms with E-state index in [1.807, 2.05) is 12.1 Å². The maximum Gasteiger partial charge on any atom is 0.229 e. The molecule has 0 spiro atoms. The molecular weight excluding hydrogens is 541 g/mol. The second-order valence-corrected chi connectivity index (χ2v) is 13.1. The molecule has 4 fully saturated rings. The number of carbonyl (C=O) groups is 1. The van der Waals surface area contributed by atoms with Gasteiger partial charge in [-0.05, 0) is 81.1 Å². The summed E-state index contributed by atoms with van der Waals surface area (Å²) >= 11 is 6.57. The lowest BCUT2D eigenvalue weighted by Crippen LogP contribution is -2.69. The molecule has 1 aromatic heterocycles. The third kappa shape index (κ3) is 5.47. The van der Waals surface area contributed by atoms with Crippen molar-refractivity contribution in [2.24, 2.45) is 23.2 Å². The Hall–Kier alpha value is -2.65. The largest absolute Gasteiger partial charge is 0.369 e. The van der Waals surface area contributed by atoms with Gasteiger partial charge in [-0.1, -0.05) is 39.3 Å². The number of aromatic nitrogens is 2. The Labute approximate surface area is 248 Å². The summed E-state index contributed by atoms with van der Waals surface area (Å²) in [6, 6.07) is 5.75. The summed E-state index contributed by atoms with van der Waals surface area (Å²) in [5, 5.41) is 9.95. The molecule has 0 unspecified atom stereocenters.